The molecular formula is C20H30N4O2. The van der Waals surface area contributed by atoms with Gasteiger partial charge in [-0.3, -0.25) is 0 Å². The molecule has 6 nitrogen and oxygen atoms in total. The second-order valence-corrected chi connectivity index (χ2v) is 6.56. The molecule has 26 heavy (non-hydrogen) atoms. The van der Waals surface area contributed by atoms with Crippen molar-refractivity contribution in [2.24, 2.45) is 0 Å². The van der Waals surface area contributed by atoms with Crippen LogP contribution >= 0.6 is 0 Å². The molecular weight excluding hydrogens is 328 g/mol. The summed E-state index contributed by atoms with van der Waals surface area (Å²) in [5.74, 6) is 2.05. The van der Waals surface area contributed by atoms with E-state index >= 15 is 0 Å². The van der Waals surface area contributed by atoms with Gasteiger partial charge in [-0.25, -0.2) is 15.0 Å². The SMILES string of the molecule is CCCCCOc1nc(C)c(-c2ccc(C(C)C)nc2OC)nc1NC. The van der Waals surface area contributed by atoms with Gasteiger partial charge in [0.1, 0.15) is 0 Å². The zero-order chi connectivity index (χ0) is 19.1. The number of methoxy groups -OCH3 is 1. The second-order valence-electron chi connectivity index (χ2n) is 6.56. The standard InChI is InChI=1S/C20H30N4O2/c1-7-8-9-12-26-20-18(21-5)24-17(14(4)22-20)15-10-11-16(13(2)3)23-19(15)25-6/h10-11,13H,7-9,12H2,1-6H3,(H,21,24). The highest BCUT2D eigenvalue weighted by Gasteiger charge is 2.18. The Morgan fingerprint density at radius 1 is 1.08 bits per heavy atom. The Morgan fingerprint density at radius 2 is 1.85 bits per heavy atom. The number of rotatable bonds is 9. The Bertz CT molecular complexity index is 732. The molecule has 2 heterocycles. The normalized spacial score (nSPS) is 10.9. The summed E-state index contributed by atoms with van der Waals surface area (Å²) in [5, 5.41) is 3.08. The van der Waals surface area contributed by atoms with Crippen molar-refractivity contribution in [3.05, 3.63) is 23.5 Å². The van der Waals surface area contributed by atoms with E-state index in [-0.39, 0.29) is 0 Å². The second kappa shape index (κ2) is 9.36. The summed E-state index contributed by atoms with van der Waals surface area (Å²) in [5.41, 5.74) is 3.35. The van der Waals surface area contributed by atoms with Gasteiger partial charge in [-0.2, -0.15) is 0 Å². The Morgan fingerprint density at radius 3 is 2.46 bits per heavy atom. The van der Waals surface area contributed by atoms with Crippen molar-refractivity contribution in [3.8, 4) is 23.0 Å². The molecule has 2 aromatic rings. The maximum atomic E-state index is 5.83. The van der Waals surface area contributed by atoms with E-state index in [1.807, 2.05) is 26.1 Å². The van der Waals surface area contributed by atoms with E-state index in [1.54, 1.807) is 7.11 Å². The molecule has 6 heteroatoms. The molecule has 2 aromatic heterocycles. The fourth-order valence-corrected chi connectivity index (χ4v) is 2.65. The van der Waals surface area contributed by atoms with Crippen molar-refractivity contribution >= 4 is 5.82 Å². The van der Waals surface area contributed by atoms with E-state index in [9.17, 15) is 0 Å². The number of anilines is 1. The molecule has 0 aromatic carbocycles. The van der Waals surface area contributed by atoms with Crippen molar-refractivity contribution in [1.29, 1.82) is 0 Å². The zero-order valence-electron chi connectivity index (χ0n) is 16.7. The Kier molecular flexibility index (Phi) is 7.18. The molecule has 0 radical (unpaired) electrons. The number of hydrogen-bond acceptors (Lipinski definition) is 6. The largest absolute Gasteiger partial charge is 0.480 e. The number of hydrogen-bond donors (Lipinski definition) is 1. The highest BCUT2D eigenvalue weighted by molar-refractivity contribution is 5.69. The van der Waals surface area contributed by atoms with Gasteiger partial charge in [-0.15, -0.1) is 0 Å². The molecule has 0 saturated carbocycles. The van der Waals surface area contributed by atoms with Crippen LogP contribution in [0.15, 0.2) is 12.1 Å². The van der Waals surface area contributed by atoms with Gasteiger partial charge in [0.05, 0.1) is 30.7 Å². The van der Waals surface area contributed by atoms with Gasteiger partial charge in [-0.1, -0.05) is 33.6 Å². The number of nitrogens with zero attached hydrogens (tertiary/aromatic N) is 3. The number of ether oxygens (including phenoxy) is 2. The molecule has 0 fully saturated rings. The van der Waals surface area contributed by atoms with Crippen LogP contribution in [0.4, 0.5) is 5.82 Å². The fraction of sp³-hybridized carbons (Fsp3) is 0.550. The molecule has 2 rings (SSSR count). The van der Waals surface area contributed by atoms with Gasteiger partial charge < -0.3 is 14.8 Å². The van der Waals surface area contributed by atoms with Crippen molar-refractivity contribution in [2.75, 3.05) is 26.1 Å². The van der Waals surface area contributed by atoms with Crippen molar-refractivity contribution in [2.45, 2.75) is 52.9 Å². The molecule has 0 amide bonds. The average Bonchev–Trinajstić information content (AvgIpc) is 2.65. The highest BCUT2D eigenvalue weighted by Crippen LogP contribution is 2.33. The quantitative estimate of drug-likeness (QED) is 0.661. The lowest BCUT2D eigenvalue weighted by Gasteiger charge is -2.15. The van der Waals surface area contributed by atoms with E-state index in [1.165, 1.54) is 0 Å². The van der Waals surface area contributed by atoms with Crippen LogP contribution in [-0.2, 0) is 0 Å². The average molecular weight is 358 g/mol. The van der Waals surface area contributed by atoms with Crippen LogP contribution in [0.5, 0.6) is 11.8 Å². The van der Waals surface area contributed by atoms with E-state index in [0.717, 1.165) is 41.9 Å². The van der Waals surface area contributed by atoms with E-state index in [4.69, 9.17) is 14.5 Å². The number of pyridine rings is 1. The van der Waals surface area contributed by atoms with Crippen LogP contribution in [0.25, 0.3) is 11.3 Å². The summed E-state index contributed by atoms with van der Waals surface area (Å²) in [4.78, 5) is 14.0. The van der Waals surface area contributed by atoms with Gasteiger partial charge in [0.25, 0.3) is 5.88 Å². The van der Waals surface area contributed by atoms with Crippen LogP contribution < -0.4 is 14.8 Å². The summed E-state index contributed by atoms with van der Waals surface area (Å²) in [6.45, 7) is 8.96. The van der Waals surface area contributed by atoms with Gasteiger partial charge >= 0.3 is 0 Å². The minimum absolute atomic E-state index is 0.330. The third-order valence-electron chi connectivity index (χ3n) is 4.18. The first kappa shape index (κ1) is 19.9. The molecule has 0 aliphatic carbocycles. The molecule has 0 aliphatic rings. The van der Waals surface area contributed by atoms with Crippen LogP contribution in [0.1, 0.15) is 57.3 Å². The molecule has 142 valence electrons. The number of unbranched alkanes of at least 4 members (excludes halogenated alkanes) is 2. The van der Waals surface area contributed by atoms with Crippen LogP contribution in [-0.4, -0.2) is 35.7 Å². The van der Waals surface area contributed by atoms with Crippen LogP contribution in [0.2, 0.25) is 0 Å². The maximum absolute atomic E-state index is 5.83. The summed E-state index contributed by atoms with van der Waals surface area (Å²) in [7, 11) is 3.45. The van der Waals surface area contributed by atoms with Crippen LogP contribution in [0.3, 0.4) is 0 Å². The lowest BCUT2D eigenvalue weighted by atomic mass is 10.1. The first-order valence-electron chi connectivity index (χ1n) is 9.26. The minimum atomic E-state index is 0.330. The molecule has 0 aliphatic heterocycles. The Balaban J connectivity index is 2.38. The number of aryl methyl sites for hydroxylation is 1. The van der Waals surface area contributed by atoms with E-state index < -0.39 is 0 Å². The predicted molar refractivity (Wildman–Crippen MR) is 105 cm³/mol. The van der Waals surface area contributed by atoms with Crippen molar-refractivity contribution < 1.29 is 9.47 Å². The first-order valence-corrected chi connectivity index (χ1v) is 9.26. The Hall–Kier alpha value is -2.37. The minimum Gasteiger partial charge on any atom is -0.480 e. The van der Waals surface area contributed by atoms with Crippen molar-refractivity contribution in [1.82, 2.24) is 15.0 Å². The third kappa shape index (κ3) is 4.62. The topological polar surface area (TPSA) is 69.2 Å². The summed E-state index contributed by atoms with van der Waals surface area (Å²) in [6.07, 6.45) is 3.31. The lowest BCUT2D eigenvalue weighted by molar-refractivity contribution is 0.295. The maximum Gasteiger partial charge on any atom is 0.257 e. The summed E-state index contributed by atoms with van der Waals surface area (Å²) in [6, 6.07) is 4.01. The number of aromatic nitrogens is 3. The fourth-order valence-electron chi connectivity index (χ4n) is 2.65. The predicted octanol–water partition coefficient (Wildman–Crippen LogP) is 4.59. The number of nitrogens with one attached hydrogen (secondary N) is 1. The summed E-state index contributed by atoms with van der Waals surface area (Å²) >= 11 is 0. The molecule has 0 saturated heterocycles. The zero-order valence-corrected chi connectivity index (χ0v) is 16.7. The van der Waals surface area contributed by atoms with Gasteiger partial charge in [-0.05, 0) is 31.4 Å². The lowest BCUT2D eigenvalue weighted by Crippen LogP contribution is -2.08. The highest BCUT2D eigenvalue weighted by atomic mass is 16.5. The van der Waals surface area contributed by atoms with Crippen molar-refractivity contribution in [3.63, 3.8) is 0 Å². The van der Waals surface area contributed by atoms with E-state index in [0.29, 0.717) is 30.1 Å². The molecule has 0 spiro atoms. The first-order chi connectivity index (χ1) is 12.5. The molecule has 0 atom stereocenters. The monoisotopic (exact) mass is 358 g/mol. The van der Waals surface area contributed by atoms with Crippen LogP contribution in [0, 0.1) is 6.92 Å². The summed E-state index contributed by atoms with van der Waals surface area (Å²) < 4.78 is 11.3. The smallest absolute Gasteiger partial charge is 0.257 e. The van der Waals surface area contributed by atoms with Gasteiger partial charge in [0.2, 0.25) is 5.88 Å². The molecule has 1 N–H and O–H groups in total. The molecule has 0 bridgehead atoms. The Labute approximate surface area is 156 Å². The third-order valence-corrected chi connectivity index (χ3v) is 4.18. The van der Waals surface area contributed by atoms with Gasteiger partial charge in [0, 0.05) is 12.7 Å². The van der Waals surface area contributed by atoms with E-state index in [2.05, 4.69) is 36.1 Å². The van der Waals surface area contributed by atoms with Gasteiger partial charge in [0.15, 0.2) is 5.82 Å². The molecule has 0 unspecified atom stereocenters.